The summed E-state index contributed by atoms with van der Waals surface area (Å²) in [6, 6.07) is 94.9. The molecule has 135 heavy (non-hydrogen) atoms. The predicted molar refractivity (Wildman–Crippen MR) is 600 cm³/mol. The van der Waals surface area contributed by atoms with Crippen LogP contribution in [0.1, 0.15) is 347 Å². The number of hydrogen-bond acceptors (Lipinski definition) is 3. The van der Waals surface area contributed by atoms with Crippen molar-refractivity contribution in [1.29, 1.82) is 0 Å². The number of allylic oxidation sites excluding steroid dienone is 4. The average Bonchev–Trinajstić information content (AvgIpc) is 1.65. The lowest BCUT2D eigenvalue weighted by Crippen LogP contribution is -2.26. The van der Waals surface area contributed by atoms with Crippen molar-refractivity contribution in [3.63, 3.8) is 0 Å². The van der Waals surface area contributed by atoms with E-state index in [9.17, 15) is 0 Å². The summed E-state index contributed by atoms with van der Waals surface area (Å²) >= 11 is 0. The minimum absolute atomic E-state index is 0.485. The van der Waals surface area contributed by atoms with Gasteiger partial charge in [-0.25, -0.2) is 0 Å². The molecule has 7 aliphatic carbocycles. The Labute approximate surface area is 819 Å². The normalized spacial score (nSPS) is 13.8. The summed E-state index contributed by atoms with van der Waals surface area (Å²) in [5.74, 6) is 1.08. The topological polar surface area (TPSA) is 9.72 Å². The quantitative estimate of drug-likeness (QED) is 0.150. The maximum atomic E-state index is 2.68. The molecule has 0 radical (unpaired) electrons. The average molecular weight is 1790 g/mol. The van der Waals surface area contributed by atoms with Crippen LogP contribution in [0.4, 0.5) is 51.2 Å². The Bertz CT molecular complexity index is 6400. The van der Waals surface area contributed by atoms with Gasteiger partial charge >= 0.3 is 0 Å². The van der Waals surface area contributed by atoms with Crippen LogP contribution in [0.2, 0.25) is 0 Å². The highest BCUT2D eigenvalue weighted by molar-refractivity contribution is 6.01. The zero-order chi connectivity index (χ0) is 98.0. The van der Waals surface area contributed by atoms with Gasteiger partial charge in [0.25, 0.3) is 0 Å². The number of hydrogen-bond donors (Lipinski definition) is 0. The van der Waals surface area contributed by atoms with E-state index in [2.05, 4.69) is 288 Å². The first-order valence-corrected chi connectivity index (χ1v) is 53.4. The van der Waals surface area contributed by atoms with E-state index in [1.54, 1.807) is 5.56 Å². The standard InChI is InChI=1S/2C34H23N.C34H25N.15C2H6/c1-3-10-26-21(7-1)18-29-28(26)14-12-25-17-23-8-5-9-24-19-30-31(35(33(23)24)34(25)29)15-13-22-16-20-6-2-4-11-27(20)32(22)30;1-3-10-27-20(6-1)15-25-19-32-26(18-29(25)27)16-23-8-5-9-24-17-30-31(35(32)34(23)24)13-12-22-14-21-7-2-4-11-28(21)33(22)30;1-3-10-27-20(6-1)16-22-14-15-30-29(31(22)27)19-25-9-5-8-24-18-26-13-12-23-17-21-7-2-4-11-28(21)32(23)34(26)35(30)33(24)25;15*1-2/h1-15H,16-19H2;1-13,18-19H,14-17H2;1-15,21,28H,16-19H2;15*1-2H3. The van der Waals surface area contributed by atoms with Crippen molar-refractivity contribution in [1.82, 2.24) is 0 Å². The lowest BCUT2D eigenvalue weighted by molar-refractivity contribution is 0.630. The van der Waals surface area contributed by atoms with Gasteiger partial charge in [-0.1, -0.05) is 450 Å². The van der Waals surface area contributed by atoms with Gasteiger partial charge < -0.3 is 14.7 Å². The molecule has 0 aromatic heterocycles. The molecule has 27 rings (SSSR count). The molecule has 2 atom stereocenters. The van der Waals surface area contributed by atoms with Gasteiger partial charge in [0.2, 0.25) is 0 Å². The van der Waals surface area contributed by atoms with E-state index in [0.717, 1.165) is 77.0 Å². The smallest absolute Gasteiger partial charge is 0.0538 e. The lowest BCUT2D eigenvalue weighted by atomic mass is 9.81. The molecule has 14 aromatic carbocycles. The maximum absolute atomic E-state index is 2.68. The molecular weight excluding hydrogens is 1630 g/mol. The van der Waals surface area contributed by atoms with Crippen LogP contribution in [-0.2, 0) is 77.0 Å². The highest BCUT2D eigenvalue weighted by Crippen LogP contribution is 2.62. The second-order valence-corrected chi connectivity index (χ2v) is 31.9. The molecule has 13 aliphatic rings. The summed E-state index contributed by atoms with van der Waals surface area (Å²) in [6.45, 7) is 60.0. The first kappa shape index (κ1) is 105. The highest BCUT2D eigenvalue weighted by Gasteiger charge is 2.44. The van der Waals surface area contributed by atoms with E-state index in [0.29, 0.717) is 11.8 Å². The zero-order valence-corrected chi connectivity index (χ0v) is 88.5. The molecule has 3 heteroatoms. The van der Waals surface area contributed by atoms with Crippen LogP contribution in [0.25, 0.3) is 55.6 Å². The first-order valence-electron chi connectivity index (χ1n) is 53.4. The second kappa shape index (κ2) is 50.0. The van der Waals surface area contributed by atoms with Gasteiger partial charge in [0.1, 0.15) is 0 Å². The van der Waals surface area contributed by atoms with Gasteiger partial charge in [0, 0.05) is 50.9 Å². The fourth-order valence-corrected chi connectivity index (χ4v) is 22.2. The van der Waals surface area contributed by atoms with Crippen molar-refractivity contribution < 1.29 is 0 Å². The third-order valence-corrected chi connectivity index (χ3v) is 26.5. The van der Waals surface area contributed by atoms with Gasteiger partial charge in [-0.3, -0.25) is 0 Å². The third-order valence-electron chi connectivity index (χ3n) is 26.5. The number of fused-ring (bicyclic) bond motifs is 35. The van der Waals surface area contributed by atoms with Crippen molar-refractivity contribution in [2.45, 2.75) is 291 Å². The molecule has 0 bridgehead atoms. The van der Waals surface area contributed by atoms with Crippen molar-refractivity contribution in [2.75, 3.05) is 14.7 Å². The first-order chi connectivity index (χ1) is 67.0. The van der Waals surface area contributed by atoms with Gasteiger partial charge in [-0.05, 0) is 258 Å². The van der Waals surface area contributed by atoms with E-state index < -0.39 is 0 Å². The Kier molecular flexibility index (Phi) is 38.9. The molecule has 2 unspecified atom stereocenters. The molecule has 0 spiro atoms. The molecule has 6 heterocycles. The summed E-state index contributed by atoms with van der Waals surface area (Å²) in [7, 11) is 0. The summed E-state index contributed by atoms with van der Waals surface area (Å²) in [5, 5.41) is 0. The van der Waals surface area contributed by atoms with Gasteiger partial charge in [0.05, 0.1) is 51.2 Å². The largest absolute Gasteiger partial charge is 0.309 e. The van der Waals surface area contributed by atoms with Gasteiger partial charge in [-0.15, -0.1) is 0 Å². The number of para-hydroxylation sites is 3. The minimum atomic E-state index is 0.485. The van der Waals surface area contributed by atoms with Crippen molar-refractivity contribution in [3.05, 3.63) is 407 Å². The van der Waals surface area contributed by atoms with Gasteiger partial charge in [-0.2, -0.15) is 0 Å². The van der Waals surface area contributed by atoms with Crippen LogP contribution in [0.3, 0.4) is 0 Å². The van der Waals surface area contributed by atoms with E-state index >= 15 is 0 Å². The summed E-state index contributed by atoms with van der Waals surface area (Å²) in [4.78, 5) is 7.93. The monoisotopic (exact) mass is 1790 g/mol. The van der Waals surface area contributed by atoms with Gasteiger partial charge in [0.15, 0.2) is 0 Å². The van der Waals surface area contributed by atoms with E-state index in [-0.39, 0.29) is 0 Å². The molecule has 14 aromatic rings. The Morgan fingerprint density at radius 1 is 0.178 bits per heavy atom. The van der Waals surface area contributed by atoms with Crippen LogP contribution in [0.5, 0.6) is 0 Å². The Balaban J connectivity index is 0.000000184. The third kappa shape index (κ3) is 18.9. The SMILES string of the molecule is C1=CC2Cc3ccc4c(c3C2C=C1)N1c2ccc3c(c2Cc2cccc(c21)C4)-c1ccccc1C3.CC.CC.CC.CC.CC.CC.CC.CC.CC.CC.CC.CC.CC.CC.CC.c1ccc2c(c1)Cc1c-2ccc2c1N1c3ccc4c(c3Cc3cccc(c31)C2)-c1ccccc1C4.c1ccc2c(c1)Cc1cc3c(cc1-2)Cc1cccc2c1N3c1ccc3c(c1C2)-c1ccccc1C3. The van der Waals surface area contributed by atoms with Crippen molar-refractivity contribution in [3.8, 4) is 55.6 Å². The van der Waals surface area contributed by atoms with Crippen LogP contribution >= 0.6 is 0 Å². The zero-order valence-electron chi connectivity index (χ0n) is 88.5. The number of benzene rings is 14. The van der Waals surface area contributed by atoms with Crippen molar-refractivity contribution >= 4 is 51.2 Å². The molecule has 0 saturated carbocycles. The maximum Gasteiger partial charge on any atom is 0.0538 e. The number of anilines is 9. The number of rotatable bonds is 0. The summed E-state index contributed by atoms with van der Waals surface area (Å²) in [5.41, 5.74) is 62.6. The highest BCUT2D eigenvalue weighted by atomic mass is 15.2. The molecule has 0 saturated heterocycles. The van der Waals surface area contributed by atoms with E-state index in [1.807, 2.05) is 208 Å². The molecule has 6 aliphatic heterocycles. The molecule has 0 fully saturated rings. The van der Waals surface area contributed by atoms with Crippen LogP contribution in [0.15, 0.2) is 273 Å². The van der Waals surface area contributed by atoms with Crippen LogP contribution in [-0.4, -0.2) is 0 Å². The molecule has 704 valence electrons. The van der Waals surface area contributed by atoms with Crippen LogP contribution in [0, 0.1) is 5.92 Å². The molecule has 3 nitrogen and oxygen atoms in total. The molecule has 0 amide bonds. The number of nitrogens with zero attached hydrogens (tertiary/aromatic N) is 3. The summed E-state index contributed by atoms with van der Waals surface area (Å²) < 4.78 is 0. The molecular formula is C132H161N3. The fourth-order valence-electron chi connectivity index (χ4n) is 22.2. The summed E-state index contributed by atoms with van der Waals surface area (Å²) in [6.07, 6.45) is 21.8. The van der Waals surface area contributed by atoms with Crippen LogP contribution < -0.4 is 14.7 Å². The van der Waals surface area contributed by atoms with Crippen molar-refractivity contribution in [2.24, 2.45) is 5.92 Å². The Morgan fingerprint density at radius 2 is 0.459 bits per heavy atom. The lowest BCUT2D eigenvalue weighted by Gasteiger charge is -2.42. The molecule has 0 N–H and O–H groups in total. The minimum Gasteiger partial charge on any atom is -0.309 e. The Morgan fingerprint density at radius 3 is 0.889 bits per heavy atom. The van der Waals surface area contributed by atoms with E-state index in [4.69, 9.17) is 0 Å². The predicted octanol–water partition coefficient (Wildman–Crippen LogP) is 39.5. The second-order valence-electron chi connectivity index (χ2n) is 31.9. The van der Waals surface area contributed by atoms with E-state index in [1.165, 1.54) is 235 Å². The fraction of sp³-hybridized carbons (Fsp3) is 0.333. The Hall–Kier alpha value is -12.0.